The van der Waals surface area contributed by atoms with Crippen LogP contribution in [0.4, 0.5) is 0 Å². The number of ether oxygens (including phenoxy) is 1. The number of likely N-dealkylation sites (N-methyl/N-ethyl adjacent to an activating group) is 1. The van der Waals surface area contributed by atoms with Crippen LogP contribution in [0.25, 0.3) is 0 Å². The summed E-state index contributed by atoms with van der Waals surface area (Å²) in [6, 6.07) is 9.33. The zero-order chi connectivity index (χ0) is 12.0. The topological polar surface area (TPSA) is 53.3 Å². The first-order valence-corrected chi connectivity index (χ1v) is 5.58. The molecule has 0 aliphatic carbocycles. The van der Waals surface area contributed by atoms with Crippen molar-refractivity contribution in [2.24, 2.45) is 5.41 Å². The third kappa shape index (κ3) is 1.23. The van der Waals surface area contributed by atoms with Crippen molar-refractivity contribution in [3.63, 3.8) is 0 Å². The Hall–Kier alpha value is -1.86. The van der Waals surface area contributed by atoms with E-state index in [0.29, 0.717) is 24.4 Å². The molecule has 2 atom stereocenters. The Morgan fingerprint density at radius 1 is 1.53 bits per heavy atom. The van der Waals surface area contributed by atoms with Gasteiger partial charge in [0.25, 0.3) is 0 Å². The van der Waals surface area contributed by atoms with Crippen LogP contribution < -0.4 is 4.74 Å². The summed E-state index contributed by atoms with van der Waals surface area (Å²) in [5, 5.41) is 9.39. The van der Waals surface area contributed by atoms with E-state index in [-0.39, 0.29) is 11.9 Å². The number of ketones is 1. The van der Waals surface area contributed by atoms with Crippen LogP contribution in [0.5, 0.6) is 5.75 Å². The first-order valence-electron chi connectivity index (χ1n) is 5.58. The molecule has 1 aromatic rings. The highest BCUT2D eigenvalue weighted by atomic mass is 16.5. The van der Waals surface area contributed by atoms with E-state index in [4.69, 9.17) is 4.74 Å². The van der Waals surface area contributed by atoms with E-state index < -0.39 is 5.41 Å². The van der Waals surface area contributed by atoms with Crippen LogP contribution in [-0.2, 0) is 0 Å². The molecule has 3 rings (SSSR count). The number of hydrogen-bond donors (Lipinski definition) is 0. The molecule has 1 saturated heterocycles. The van der Waals surface area contributed by atoms with E-state index in [1.807, 2.05) is 18.0 Å². The summed E-state index contributed by atoms with van der Waals surface area (Å²) in [4.78, 5) is 14.4. The van der Waals surface area contributed by atoms with Crippen molar-refractivity contribution in [2.75, 3.05) is 20.1 Å². The van der Waals surface area contributed by atoms with Gasteiger partial charge < -0.3 is 9.64 Å². The van der Waals surface area contributed by atoms with Gasteiger partial charge in [-0.3, -0.25) is 4.79 Å². The maximum absolute atomic E-state index is 12.5. The number of fused-ring (bicyclic) bond motifs is 2. The molecule has 0 radical (unpaired) electrons. The highest BCUT2D eigenvalue weighted by Crippen LogP contribution is 2.42. The number of Topliss-reactive ketones (excluding diaryl/α,β-unsaturated/α-hetero) is 1. The minimum absolute atomic E-state index is 0.101. The Bertz CT molecular complexity index is 534. The Morgan fingerprint density at radius 3 is 3.06 bits per heavy atom. The molecular weight excluding hydrogens is 216 g/mol. The minimum atomic E-state index is -1.02. The van der Waals surface area contributed by atoms with E-state index in [0.717, 1.165) is 0 Å². The van der Waals surface area contributed by atoms with Gasteiger partial charge in [-0.05, 0) is 19.2 Å². The number of hydrogen-bond acceptors (Lipinski definition) is 4. The summed E-state index contributed by atoms with van der Waals surface area (Å²) in [6.07, 6.45) is -0.347. The molecule has 4 nitrogen and oxygen atoms in total. The molecule has 0 saturated carbocycles. The van der Waals surface area contributed by atoms with Gasteiger partial charge in [0, 0.05) is 13.1 Å². The average molecular weight is 228 g/mol. The number of likely N-dealkylation sites (tertiary alicyclic amines) is 1. The van der Waals surface area contributed by atoms with Gasteiger partial charge in [0.1, 0.15) is 11.9 Å². The lowest BCUT2D eigenvalue weighted by atomic mass is 9.77. The summed E-state index contributed by atoms with van der Waals surface area (Å²) < 4.78 is 5.81. The van der Waals surface area contributed by atoms with Crippen LogP contribution in [0, 0.1) is 16.7 Å². The van der Waals surface area contributed by atoms with Crippen molar-refractivity contribution in [1.82, 2.24) is 4.90 Å². The number of para-hydroxylation sites is 1. The fourth-order valence-corrected chi connectivity index (χ4v) is 2.70. The van der Waals surface area contributed by atoms with Crippen LogP contribution in [0.1, 0.15) is 10.4 Å². The van der Waals surface area contributed by atoms with E-state index in [1.165, 1.54) is 0 Å². The van der Waals surface area contributed by atoms with Crippen LogP contribution in [0.2, 0.25) is 0 Å². The van der Waals surface area contributed by atoms with Crippen LogP contribution in [0.15, 0.2) is 24.3 Å². The van der Waals surface area contributed by atoms with Gasteiger partial charge in [0.05, 0.1) is 11.6 Å². The maximum Gasteiger partial charge on any atom is 0.191 e. The standard InChI is InChI=1S/C13H12N2O2/c1-15-6-11-13(7-14,8-15)12(16)9-4-2-3-5-10(9)17-11/h2-5,11H,6,8H2,1H3/t11-,13+/m0/s1. The molecule has 0 unspecified atom stereocenters. The first kappa shape index (κ1) is 10.3. The molecule has 2 aliphatic rings. The fourth-order valence-electron chi connectivity index (χ4n) is 2.70. The number of benzene rings is 1. The Kier molecular flexibility index (Phi) is 2.01. The van der Waals surface area contributed by atoms with Gasteiger partial charge in [0.2, 0.25) is 0 Å². The summed E-state index contributed by atoms with van der Waals surface area (Å²) in [7, 11) is 1.90. The molecule has 17 heavy (non-hydrogen) atoms. The normalized spacial score (nSPS) is 31.3. The third-order valence-corrected chi connectivity index (χ3v) is 3.55. The quantitative estimate of drug-likeness (QED) is 0.667. The molecule has 1 fully saturated rings. The molecule has 0 spiro atoms. The fraction of sp³-hybridized carbons (Fsp3) is 0.385. The third-order valence-electron chi connectivity index (χ3n) is 3.55. The summed E-state index contributed by atoms with van der Waals surface area (Å²) >= 11 is 0. The lowest BCUT2D eigenvalue weighted by Gasteiger charge is -2.32. The highest BCUT2D eigenvalue weighted by Gasteiger charge is 2.56. The molecule has 2 heterocycles. The lowest BCUT2D eigenvalue weighted by Crippen LogP contribution is -2.47. The second kappa shape index (κ2) is 3.31. The zero-order valence-electron chi connectivity index (χ0n) is 9.51. The molecule has 0 N–H and O–H groups in total. The van der Waals surface area contributed by atoms with Crippen molar-refractivity contribution < 1.29 is 9.53 Å². The minimum Gasteiger partial charge on any atom is -0.486 e. The van der Waals surface area contributed by atoms with Crippen LogP contribution in [-0.4, -0.2) is 36.9 Å². The smallest absolute Gasteiger partial charge is 0.191 e. The van der Waals surface area contributed by atoms with Gasteiger partial charge in [0.15, 0.2) is 11.2 Å². The largest absolute Gasteiger partial charge is 0.486 e. The summed E-state index contributed by atoms with van der Waals surface area (Å²) in [5.41, 5.74) is -0.496. The van der Waals surface area contributed by atoms with Gasteiger partial charge in [-0.25, -0.2) is 0 Å². The lowest BCUT2D eigenvalue weighted by molar-refractivity contribution is 0.0626. The second-order valence-corrected chi connectivity index (χ2v) is 4.71. The molecule has 86 valence electrons. The van der Waals surface area contributed by atoms with Crippen molar-refractivity contribution in [3.8, 4) is 11.8 Å². The van der Waals surface area contributed by atoms with Gasteiger partial charge in [-0.15, -0.1) is 0 Å². The van der Waals surface area contributed by atoms with Crippen molar-refractivity contribution in [3.05, 3.63) is 29.8 Å². The van der Waals surface area contributed by atoms with Crippen LogP contribution >= 0.6 is 0 Å². The SMILES string of the molecule is CN1C[C@@H]2Oc3ccccc3C(=O)[C@]2(C#N)C1. The van der Waals surface area contributed by atoms with E-state index in [2.05, 4.69) is 6.07 Å². The second-order valence-electron chi connectivity index (χ2n) is 4.71. The molecular formula is C13H12N2O2. The van der Waals surface area contributed by atoms with Crippen molar-refractivity contribution >= 4 is 5.78 Å². The molecule has 0 aromatic heterocycles. The predicted molar refractivity (Wildman–Crippen MR) is 60.7 cm³/mol. The molecule has 2 aliphatic heterocycles. The number of nitrogens with zero attached hydrogens (tertiary/aromatic N) is 2. The maximum atomic E-state index is 12.5. The number of carbonyl (C=O) groups is 1. The van der Waals surface area contributed by atoms with E-state index in [1.54, 1.807) is 18.2 Å². The predicted octanol–water partition coefficient (Wildman–Crippen LogP) is 1.09. The Labute approximate surface area is 99.4 Å². The van der Waals surface area contributed by atoms with Crippen molar-refractivity contribution in [1.29, 1.82) is 5.26 Å². The Morgan fingerprint density at radius 2 is 2.29 bits per heavy atom. The first-order chi connectivity index (χ1) is 8.17. The van der Waals surface area contributed by atoms with E-state index in [9.17, 15) is 10.1 Å². The van der Waals surface area contributed by atoms with Gasteiger partial charge in [-0.2, -0.15) is 5.26 Å². The van der Waals surface area contributed by atoms with Gasteiger partial charge in [-0.1, -0.05) is 12.1 Å². The highest BCUT2D eigenvalue weighted by molar-refractivity contribution is 6.06. The summed E-state index contributed by atoms with van der Waals surface area (Å²) in [6.45, 7) is 1.06. The zero-order valence-corrected chi connectivity index (χ0v) is 9.51. The van der Waals surface area contributed by atoms with Gasteiger partial charge >= 0.3 is 0 Å². The van der Waals surface area contributed by atoms with Crippen LogP contribution in [0.3, 0.4) is 0 Å². The molecule has 4 heteroatoms. The number of rotatable bonds is 0. The monoisotopic (exact) mass is 228 g/mol. The number of nitriles is 1. The van der Waals surface area contributed by atoms with Crippen molar-refractivity contribution in [2.45, 2.75) is 6.10 Å². The average Bonchev–Trinajstić information content (AvgIpc) is 2.67. The number of carbonyl (C=O) groups excluding carboxylic acids is 1. The summed E-state index contributed by atoms with van der Waals surface area (Å²) in [5.74, 6) is 0.500. The molecule has 0 bridgehead atoms. The van der Waals surface area contributed by atoms with E-state index >= 15 is 0 Å². The molecule has 0 amide bonds. The Balaban J connectivity index is 2.15. The molecule has 1 aromatic carbocycles.